The van der Waals surface area contributed by atoms with E-state index >= 15 is 0 Å². The van der Waals surface area contributed by atoms with E-state index in [0.29, 0.717) is 22.7 Å². The molecule has 0 saturated carbocycles. The number of methoxy groups -OCH3 is 2. The van der Waals surface area contributed by atoms with E-state index in [4.69, 9.17) is 9.47 Å². The van der Waals surface area contributed by atoms with E-state index in [-0.39, 0.29) is 11.9 Å². The normalized spacial score (nSPS) is 11.4. The van der Waals surface area contributed by atoms with Crippen LogP contribution in [0.2, 0.25) is 0 Å². The SMILES string of the molecule is C/C=C/c1cc(C(=O)Nc2cnc3c(cnn3C(C)C)c2)cc(OC)c1OC. The number of pyridine rings is 1. The Balaban J connectivity index is 1.92. The second-order valence-electron chi connectivity index (χ2n) is 6.57. The molecule has 146 valence electrons. The zero-order valence-electron chi connectivity index (χ0n) is 16.7. The molecule has 0 saturated heterocycles. The Labute approximate surface area is 164 Å². The number of rotatable bonds is 6. The Hall–Kier alpha value is -3.35. The molecule has 0 aliphatic rings. The number of nitrogens with one attached hydrogen (secondary N) is 1. The van der Waals surface area contributed by atoms with Gasteiger partial charge in [0.05, 0.1) is 32.3 Å². The fraction of sp³-hybridized carbons (Fsp3) is 0.286. The Bertz CT molecular complexity index is 1040. The van der Waals surface area contributed by atoms with Gasteiger partial charge in [-0.15, -0.1) is 0 Å². The zero-order chi connectivity index (χ0) is 20.3. The van der Waals surface area contributed by atoms with Gasteiger partial charge in [-0.3, -0.25) is 4.79 Å². The lowest BCUT2D eigenvalue weighted by Gasteiger charge is -2.13. The monoisotopic (exact) mass is 380 g/mol. The Morgan fingerprint density at radius 2 is 1.96 bits per heavy atom. The van der Waals surface area contributed by atoms with E-state index < -0.39 is 0 Å². The summed E-state index contributed by atoms with van der Waals surface area (Å²) in [6.45, 7) is 5.99. The summed E-state index contributed by atoms with van der Waals surface area (Å²) in [5.41, 5.74) is 2.61. The molecule has 1 aromatic carbocycles. The molecule has 0 bridgehead atoms. The summed E-state index contributed by atoms with van der Waals surface area (Å²) in [4.78, 5) is 17.3. The van der Waals surface area contributed by atoms with Crippen LogP contribution in [-0.2, 0) is 0 Å². The predicted octanol–water partition coefficient (Wildman–Crippen LogP) is 4.31. The fourth-order valence-electron chi connectivity index (χ4n) is 3.02. The van der Waals surface area contributed by atoms with Gasteiger partial charge in [0.2, 0.25) is 0 Å². The lowest BCUT2D eigenvalue weighted by Crippen LogP contribution is -2.13. The van der Waals surface area contributed by atoms with Crippen molar-refractivity contribution in [3.63, 3.8) is 0 Å². The topological polar surface area (TPSA) is 78.3 Å². The van der Waals surface area contributed by atoms with Crippen LogP contribution in [0.4, 0.5) is 5.69 Å². The number of aromatic nitrogens is 3. The second kappa shape index (κ2) is 8.12. The van der Waals surface area contributed by atoms with Crippen LogP contribution in [0.5, 0.6) is 11.5 Å². The van der Waals surface area contributed by atoms with Crippen molar-refractivity contribution in [1.29, 1.82) is 0 Å². The number of ether oxygens (including phenoxy) is 2. The third-order valence-corrected chi connectivity index (χ3v) is 4.30. The van der Waals surface area contributed by atoms with E-state index in [1.54, 1.807) is 38.7 Å². The molecule has 2 aromatic heterocycles. The highest BCUT2D eigenvalue weighted by Gasteiger charge is 2.16. The lowest BCUT2D eigenvalue weighted by molar-refractivity contribution is 0.102. The van der Waals surface area contributed by atoms with Gasteiger partial charge in [-0.05, 0) is 39.0 Å². The smallest absolute Gasteiger partial charge is 0.255 e. The molecule has 7 nitrogen and oxygen atoms in total. The molecule has 0 fully saturated rings. The van der Waals surface area contributed by atoms with Crippen molar-refractivity contribution in [2.75, 3.05) is 19.5 Å². The predicted molar refractivity (Wildman–Crippen MR) is 110 cm³/mol. The molecule has 0 aliphatic heterocycles. The summed E-state index contributed by atoms with van der Waals surface area (Å²) in [6, 6.07) is 5.49. The van der Waals surface area contributed by atoms with Crippen LogP contribution in [0.25, 0.3) is 17.1 Å². The van der Waals surface area contributed by atoms with Crippen LogP contribution in [0.1, 0.15) is 42.7 Å². The Morgan fingerprint density at radius 3 is 2.61 bits per heavy atom. The molecule has 7 heteroatoms. The summed E-state index contributed by atoms with van der Waals surface area (Å²) in [5.74, 6) is 0.820. The number of anilines is 1. The largest absolute Gasteiger partial charge is 0.493 e. The number of hydrogen-bond acceptors (Lipinski definition) is 5. The van der Waals surface area contributed by atoms with E-state index in [1.807, 2.05) is 43.7 Å². The Kier molecular flexibility index (Phi) is 5.63. The van der Waals surface area contributed by atoms with E-state index in [9.17, 15) is 4.79 Å². The summed E-state index contributed by atoms with van der Waals surface area (Å²) in [6.07, 6.45) is 7.13. The first-order chi connectivity index (χ1) is 13.5. The molecule has 0 unspecified atom stereocenters. The maximum atomic E-state index is 12.8. The van der Waals surface area contributed by atoms with Crippen LogP contribution in [0, 0.1) is 0 Å². The molecule has 3 rings (SSSR count). The molecular formula is C21H24N4O3. The molecule has 1 N–H and O–H groups in total. The van der Waals surface area contributed by atoms with Gasteiger partial charge in [0.25, 0.3) is 5.91 Å². The molecule has 3 aromatic rings. The van der Waals surface area contributed by atoms with Gasteiger partial charge in [0.15, 0.2) is 17.1 Å². The number of nitrogens with zero attached hydrogens (tertiary/aromatic N) is 3. The maximum absolute atomic E-state index is 12.8. The number of allylic oxidation sites excluding steroid dienone is 1. The number of carbonyl (C=O) groups is 1. The van der Waals surface area contributed by atoms with Gasteiger partial charge in [0.1, 0.15) is 0 Å². The van der Waals surface area contributed by atoms with Gasteiger partial charge in [-0.25, -0.2) is 9.67 Å². The van der Waals surface area contributed by atoms with E-state index in [2.05, 4.69) is 15.4 Å². The van der Waals surface area contributed by atoms with Crippen LogP contribution in [0.3, 0.4) is 0 Å². The van der Waals surface area contributed by atoms with Crippen LogP contribution < -0.4 is 14.8 Å². The first kappa shape index (κ1) is 19.4. The lowest BCUT2D eigenvalue weighted by atomic mass is 10.1. The first-order valence-corrected chi connectivity index (χ1v) is 9.01. The van der Waals surface area contributed by atoms with Crippen molar-refractivity contribution in [2.45, 2.75) is 26.8 Å². The maximum Gasteiger partial charge on any atom is 0.255 e. The van der Waals surface area contributed by atoms with Crippen molar-refractivity contribution < 1.29 is 14.3 Å². The molecule has 28 heavy (non-hydrogen) atoms. The molecule has 0 atom stereocenters. The summed E-state index contributed by atoms with van der Waals surface area (Å²) < 4.78 is 12.6. The molecular weight excluding hydrogens is 356 g/mol. The minimum Gasteiger partial charge on any atom is -0.493 e. The molecule has 0 aliphatic carbocycles. The number of carbonyl (C=O) groups excluding carboxylic acids is 1. The number of benzene rings is 1. The van der Waals surface area contributed by atoms with E-state index in [0.717, 1.165) is 16.6 Å². The number of hydrogen-bond donors (Lipinski definition) is 1. The van der Waals surface area contributed by atoms with Crippen molar-refractivity contribution in [3.05, 3.63) is 47.8 Å². The molecule has 2 heterocycles. The quantitative estimate of drug-likeness (QED) is 0.689. The van der Waals surface area contributed by atoms with Crippen LogP contribution >= 0.6 is 0 Å². The second-order valence-corrected chi connectivity index (χ2v) is 6.57. The average molecular weight is 380 g/mol. The van der Waals surface area contributed by atoms with Crippen LogP contribution in [0.15, 0.2) is 36.7 Å². The van der Waals surface area contributed by atoms with Gasteiger partial charge >= 0.3 is 0 Å². The summed E-state index contributed by atoms with van der Waals surface area (Å²) in [5, 5.41) is 8.11. The fourth-order valence-corrected chi connectivity index (χ4v) is 3.02. The molecule has 0 spiro atoms. The minimum atomic E-state index is -0.260. The highest BCUT2D eigenvalue weighted by Crippen LogP contribution is 2.34. The molecule has 1 amide bonds. The average Bonchev–Trinajstić information content (AvgIpc) is 3.11. The third-order valence-electron chi connectivity index (χ3n) is 4.30. The number of amides is 1. The van der Waals surface area contributed by atoms with Crippen molar-refractivity contribution in [2.24, 2.45) is 0 Å². The Morgan fingerprint density at radius 1 is 1.18 bits per heavy atom. The van der Waals surface area contributed by atoms with Gasteiger partial charge < -0.3 is 14.8 Å². The van der Waals surface area contributed by atoms with Crippen molar-refractivity contribution in [1.82, 2.24) is 14.8 Å². The minimum absolute atomic E-state index is 0.210. The van der Waals surface area contributed by atoms with Crippen molar-refractivity contribution >= 4 is 28.7 Å². The van der Waals surface area contributed by atoms with Gasteiger partial charge in [0, 0.05) is 22.6 Å². The van der Waals surface area contributed by atoms with Gasteiger partial charge in [-0.1, -0.05) is 12.2 Å². The highest BCUT2D eigenvalue weighted by atomic mass is 16.5. The third kappa shape index (κ3) is 3.69. The van der Waals surface area contributed by atoms with Gasteiger partial charge in [-0.2, -0.15) is 5.10 Å². The van der Waals surface area contributed by atoms with Crippen molar-refractivity contribution in [3.8, 4) is 11.5 Å². The number of fused-ring (bicyclic) bond motifs is 1. The molecule has 0 radical (unpaired) electrons. The summed E-state index contributed by atoms with van der Waals surface area (Å²) in [7, 11) is 3.12. The highest BCUT2D eigenvalue weighted by molar-refractivity contribution is 6.05. The summed E-state index contributed by atoms with van der Waals surface area (Å²) >= 11 is 0. The first-order valence-electron chi connectivity index (χ1n) is 9.01. The standard InChI is InChI=1S/C21H24N4O3/c1-6-7-14-8-15(10-18(27-4)19(14)28-5)21(26)24-17-9-16-11-23-25(13(2)3)20(16)22-12-17/h6-13H,1-5H3,(H,24,26)/b7-6+. The van der Waals surface area contributed by atoms with E-state index in [1.165, 1.54) is 0 Å². The van der Waals surface area contributed by atoms with Crippen LogP contribution in [-0.4, -0.2) is 34.9 Å². The zero-order valence-corrected chi connectivity index (χ0v) is 16.7.